The average Bonchev–Trinajstić information content (AvgIpc) is 2.48. The Hall–Kier alpha value is -2.69. The zero-order valence-corrected chi connectivity index (χ0v) is 10.8. The van der Waals surface area contributed by atoms with Crippen LogP contribution in [0.25, 0.3) is 22.3 Å². The predicted molar refractivity (Wildman–Crippen MR) is 75.9 cm³/mol. The molecule has 0 amide bonds. The van der Waals surface area contributed by atoms with Crippen molar-refractivity contribution in [2.24, 2.45) is 0 Å². The Morgan fingerprint density at radius 1 is 1.10 bits per heavy atom. The van der Waals surface area contributed by atoms with Gasteiger partial charge in [0.25, 0.3) is 0 Å². The zero-order valence-electron chi connectivity index (χ0n) is 10.8. The third kappa shape index (κ3) is 2.14. The van der Waals surface area contributed by atoms with Crippen molar-refractivity contribution in [1.29, 1.82) is 0 Å². The van der Waals surface area contributed by atoms with Crippen molar-refractivity contribution in [2.75, 3.05) is 12.8 Å². The van der Waals surface area contributed by atoms with E-state index >= 15 is 0 Å². The molecule has 2 aromatic carbocycles. The lowest BCUT2D eigenvalue weighted by molar-refractivity contribution is 0.415. The summed E-state index contributed by atoms with van der Waals surface area (Å²) in [6, 6.07) is 11.7. The number of rotatable bonds is 2. The molecule has 0 radical (unpaired) electrons. The van der Waals surface area contributed by atoms with Crippen molar-refractivity contribution in [3.63, 3.8) is 0 Å². The number of benzene rings is 2. The average molecular weight is 269 g/mol. The predicted octanol–water partition coefficient (Wildman–Crippen LogP) is 3.03. The Labute approximate surface area is 115 Å². The highest BCUT2D eigenvalue weighted by molar-refractivity contribution is 5.89. The number of ether oxygens (including phenoxy) is 1. The lowest BCUT2D eigenvalue weighted by Crippen LogP contribution is -1.98. The van der Waals surface area contributed by atoms with Gasteiger partial charge in [-0.1, -0.05) is 12.1 Å². The highest BCUT2D eigenvalue weighted by Gasteiger charge is 2.08. The van der Waals surface area contributed by atoms with Gasteiger partial charge in [-0.25, -0.2) is 14.4 Å². The number of nitrogen functional groups attached to an aromatic ring is 1. The summed E-state index contributed by atoms with van der Waals surface area (Å²) in [5, 5.41) is 0.511. The fourth-order valence-electron chi connectivity index (χ4n) is 2.02. The van der Waals surface area contributed by atoms with Gasteiger partial charge in [0, 0.05) is 10.9 Å². The van der Waals surface area contributed by atoms with Crippen LogP contribution in [0.4, 0.5) is 10.2 Å². The summed E-state index contributed by atoms with van der Waals surface area (Å²) in [6.45, 7) is 0. The molecule has 0 bridgehead atoms. The van der Waals surface area contributed by atoms with Gasteiger partial charge in [-0.05, 0) is 30.3 Å². The molecule has 20 heavy (non-hydrogen) atoms. The Morgan fingerprint density at radius 3 is 2.75 bits per heavy atom. The molecule has 3 aromatic rings. The Kier molecular flexibility index (Phi) is 2.95. The van der Waals surface area contributed by atoms with Gasteiger partial charge in [0.1, 0.15) is 17.4 Å². The largest absolute Gasteiger partial charge is 0.497 e. The maximum Gasteiger partial charge on any atom is 0.162 e. The molecule has 4 nitrogen and oxygen atoms in total. The molecule has 1 aromatic heterocycles. The van der Waals surface area contributed by atoms with Gasteiger partial charge in [0.15, 0.2) is 5.82 Å². The van der Waals surface area contributed by atoms with Crippen LogP contribution in [-0.2, 0) is 0 Å². The van der Waals surface area contributed by atoms with Crippen molar-refractivity contribution in [2.45, 2.75) is 0 Å². The van der Waals surface area contributed by atoms with Gasteiger partial charge in [0.2, 0.25) is 0 Å². The second-order valence-corrected chi connectivity index (χ2v) is 4.33. The molecule has 0 aliphatic heterocycles. The third-order valence-corrected chi connectivity index (χ3v) is 3.02. The minimum Gasteiger partial charge on any atom is -0.497 e. The van der Waals surface area contributed by atoms with Gasteiger partial charge >= 0.3 is 0 Å². The first kappa shape index (κ1) is 12.3. The number of fused-ring (bicyclic) bond motifs is 1. The number of halogens is 1. The van der Waals surface area contributed by atoms with Crippen LogP contribution in [0.2, 0.25) is 0 Å². The second kappa shape index (κ2) is 4.77. The molecular weight excluding hydrogens is 257 g/mol. The van der Waals surface area contributed by atoms with Crippen LogP contribution in [0, 0.1) is 5.82 Å². The number of hydrogen-bond donors (Lipinski definition) is 1. The van der Waals surface area contributed by atoms with E-state index in [0.717, 1.165) is 5.56 Å². The highest BCUT2D eigenvalue weighted by atomic mass is 19.1. The van der Waals surface area contributed by atoms with Crippen LogP contribution < -0.4 is 10.5 Å². The van der Waals surface area contributed by atoms with E-state index in [9.17, 15) is 4.39 Å². The molecule has 100 valence electrons. The summed E-state index contributed by atoms with van der Waals surface area (Å²) < 4.78 is 18.4. The molecule has 0 unspecified atom stereocenters. The summed E-state index contributed by atoms with van der Waals surface area (Å²) >= 11 is 0. The highest BCUT2D eigenvalue weighted by Crippen LogP contribution is 2.25. The standard InChI is InChI=1S/C15H12FN3O/c1-20-11-4-2-3-9(7-11)15-18-13-6-5-10(16)8-12(13)14(17)19-15/h2-8H,1H3,(H2,17,18,19). The summed E-state index contributed by atoms with van der Waals surface area (Å²) in [7, 11) is 1.59. The normalized spacial score (nSPS) is 10.7. The van der Waals surface area contributed by atoms with Crippen molar-refractivity contribution in [3.05, 3.63) is 48.3 Å². The van der Waals surface area contributed by atoms with E-state index in [1.165, 1.54) is 12.1 Å². The topological polar surface area (TPSA) is 61.0 Å². The molecule has 5 heteroatoms. The zero-order chi connectivity index (χ0) is 14.1. The maximum absolute atomic E-state index is 13.2. The van der Waals surface area contributed by atoms with E-state index in [4.69, 9.17) is 10.5 Å². The van der Waals surface area contributed by atoms with E-state index in [1.807, 2.05) is 24.3 Å². The summed E-state index contributed by atoms with van der Waals surface area (Å²) in [5.74, 6) is 1.10. The molecule has 3 rings (SSSR count). The smallest absolute Gasteiger partial charge is 0.162 e. The number of nitrogens with zero attached hydrogens (tertiary/aromatic N) is 2. The molecule has 0 aliphatic carbocycles. The van der Waals surface area contributed by atoms with Crippen LogP contribution in [0.15, 0.2) is 42.5 Å². The van der Waals surface area contributed by atoms with Crippen molar-refractivity contribution < 1.29 is 9.13 Å². The Balaban J connectivity index is 2.19. The van der Waals surface area contributed by atoms with E-state index in [-0.39, 0.29) is 11.6 Å². The summed E-state index contributed by atoms with van der Waals surface area (Å²) in [5.41, 5.74) is 7.29. The lowest BCUT2D eigenvalue weighted by atomic mass is 10.1. The van der Waals surface area contributed by atoms with E-state index in [0.29, 0.717) is 22.5 Å². The first-order valence-electron chi connectivity index (χ1n) is 6.04. The van der Waals surface area contributed by atoms with Crippen LogP contribution in [0.3, 0.4) is 0 Å². The number of hydrogen-bond acceptors (Lipinski definition) is 4. The molecular formula is C15H12FN3O. The molecule has 0 atom stereocenters. The molecule has 2 N–H and O–H groups in total. The quantitative estimate of drug-likeness (QED) is 0.776. The summed E-state index contributed by atoms with van der Waals surface area (Å²) in [6.07, 6.45) is 0. The van der Waals surface area contributed by atoms with Crippen LogP contribution in [-0.4, -0.2) is 17.1 Å². The second-order valence-electron chi connectivity index (χ2n) is 4.33. The van der Waals surface area contributed by atoms with E-state index < -0.39 is 0 Å². The Bertz CT molecular complexity index is 789. The molecule has 0 saturated carbocycles. The molecule has 0 spiro atoms. The monoisotopic (exact) mass is 269 g/mol. The number of anilines is 1. The molecule has 0 saturated heterocycles. The summed E-state index contributed by atoms with van der Waals surface area (Å²) in [4.78, 5) is 8.64. The van der Waals surface area contributed by atoms with Crippen molar-refractivity contribution in [3.8, 4) is 17.1 Å². The SMILES string of the molecule is COc1cccc(-c2nc(N)c3cc(F)ccc3n2)c1. The minimum absolute atomic E-state index is 0.257. The van der Waals surface area contributed by atoms with Crippen LogP contribution in [0.1, 0.15) is 0 Å². The molecule has 0 fully saturated rings. The maximum atomic E-state index is 13.2. The Morgan fingerprint density at radius 2 is 1.95 bits per heavy atom. The lowest BCUT2D eigenvalue weighted by Gasteiger charge is -2.07. The fraction of sp³-hybridized carbons (Fsp3) is 0.0667. The van der Waals surface area contributed by atoms with E-state index in [1.54, 1.807) is 13.2 Å². The van der Waals surface area contributed by atoms with Crippen molar-refractivity contribution in [1.82, 2.24) is 9.97 Å². The third-order valence-electron chi connectivity index (χ3n) is 3.02. The van der Waals surface area contributed by atoms with Gasteiger partial charge < -0.3 is 10.5 Å². The van der Waals surface area contributed by atoms with Gasteiger partial charge in [-0.2, -0.15) is 0 Å². The molecule has 1 heterocycles. The number of nitrogens with two attached hydrogens (primary N) is 1. The fourth-order valence-corrected chi connectivity index (χ4v) is 2.02. The minimum atomic E-state index is -0.359. The first-order valence-corrected chi connectivity index (χ1v) is 6.04. The van der Waals surface area contributed by atoms with Gasteiger partial charge in [0.05, 0.1) is 12.6 Å². The van der Waals surface area contributed by atoms with Gasteiger partial charge in [-0.3, -0.25) is 0 Å². The molecule has 0 aliphatic rings. The van der Waals surface area contributed by atoms with Crippen LogP contribution >= 0.6 is 0 Å². The van der Waals surface area contributed by atoms with Gasteiger partial charge in [-0.15, -0.1) is 0 Å². The van der Waals surface area contributed by atoms with Crippen LogP contribution in [0.5, 0.6) is 5.75 Å². The first-order chi connectivity index (χ1) is 9.67. The van der Waals surface area contributed by atoms with E-state index in [2.05, 4.69) is 9.97 Å². The van der Waals surface area contributed by atoms with Crippen molar-refractivity contribution >= 4 is 16.7 Å². The number of methoxy groups -OCH3 is 1. The number of aromatic nitrogens is 2.